The van der Waals surface area contributed by atoms with Crippen LogP contribution in [0.25, 0.3) is 11.1 Å². The van der Waals surface area contributed by atoms with Crippen molar-refractivity contribution in [2.75, 3.05) is 7.11 Å². The summed E-state index contributed by atoms with van der Waals surface area (Å²) in [5.41, 5.74) is 1.97. The molecule has 0 aromatic heterocycles. The van der Waals surface area contributed by atoms with E-state index in [1.165, 1.54) is 12.1 Å². The van der Waals surface area contributed by atoms with Crippen LogP contribution in [0.2, 0.25) is 0 Å². The third-order valence-electron chi connectivity index (χ3n) is 2.33. The molecule has 0 aliphatic heterocycles. The zero-order valence-electron chi connectivity index (χ0n) is 8.71. The van der Waals surface area contributed by atoms with Crippen molar-refractivity contribution < 1.29 is 9.13 Å². The lowest BCUT2D eigenvalue weighted by Gasteiger charge is -2.06. The summed E-state index contributed by atoms with van der Waals surface area (Å²) in [6, 6.07) is 12.2. The number of hydrogen-bond acceptors (Lipinski definition) is 1. The van der Waals surface area contributed by atoms with Gasteiger partial charge in [-0.3, -0.25) is 0 Å². The summed E-state index contributed by atoms with van der Waals surface area (Å²) >= 11 is 3.39. The molecule has 0 bridgehead atoms. The smallest absolute Gasteiger partial charge is 0.133 e. The summed E-state index contributed by atoms with van der Waals surface area (Å²) in [6.45, 7) is 0. The highest BCUT2D eigenvalue weighted by Gasteiger charge is 2.03. The average Bonchev–Trinajstić information content (AvgIpc) is 2.31. The first kappa shape index (κ1) is 11.1. The number of rotatable bonds is 2. The first-order valence-electron chi connectivity index (χ1n) is 4.80. The van der Waals surface area contributed by atoms with Crippen LogP contribution in [0.1, 0.15) is 0 Å². The Morgan fingerprint density at radius 2 is 1.62 bits per heavy atom. The van der Waals surface area contributed by atoms with Gasteiger partial charge in [0, 0.05) is 0 Å². The molecule has 0 radical (unpaired) electrons. The lowest BCUT2D eigenvalue weighted by molar-refractivity contribution is 0.412. The second kappa shape index (κ2) is 4.66. The summed E-state index contributed by atoms with van der Waals surface area (Å²) < 4.78 is 18.9. The zero-order chi connectivity index (χ0) is 11.5. The maximum atomic E-state index is 12.8. The van der Waals surface area contributed by atoms with Gasteiger partial charge in [0.2, 0.25) is 0 Å². The Kier molecular flexibility index (Phi) is 3.25. The van der Waals surface area contributed by atoms with Crippen molar-refractivity contribution >= 4 is 15.9 Å². The van der Waals surface area contributed by atoms with Crippen molar-refractivity contribution in [2.45, 2.75) is 0 Å². The molecular weight excluding hydrogens is 271 g/mol. The number of methoxy groups -OCH3 is 1. The van der Waals surface area contributed by atoms with E-state index in [-0.39, 0.29) is 5.82 Å². The fraction of sp³-hybridized carbons (Fsp3) is 0.0769. The fourth-order valence-corrected chi connectivity index (χ4v) is 1.89. The minimum absolute atomic E-state index is 0.229. The Labute approximate surface area is 102 Å². The molecule has 1 nitrogen and oxygen atoms in total. The summed E-state index contributed by atoms with van der Waals surface area (Å²) in [5, 5.41) is 0. The second-order valence-electron chi connectivity index (χ2n) is 3.36. The summed E-state index contributed by atoms with van der Waals surface area (Å²) in [5.74, 6) is 0.537. The molecule has 3 heteroatoms. The molecule has 0 atom stereocenters. The van der Waals surface area contributed by atoms with Crippen LogP contribution in [0.5, 0.6) is 5.75 Å². The highest BCUT2D eigenvalue weighted by molar-refractivity contribution is 9.10. The molecular formula is C13H10BrFO. The Morgan fingerprint density at radius 1 is 1.00 bits per heavy atom. The molecule has 0 fully saturated rings. The molecule has 0 aliphatic carbocycles. The van der Waals surface area contributed by atoms with Gasteiger partial charge in [0.1, 0.15) is 11.6 Å². The van der Waals surface area contributed by atoms with Gasteiger partial charge in [-0.05, 0) is 51.3 Å². The van der Waals surface area contributed by atoms with Gasteiger partial charge in [0.25, 0.3) is 0 Å². The van der Waals surface area contributed by atoms with Crippen LogP contribution in [0, 0.1) is 5.82 Å². The van der Waals surface area contributed by atoms with Crippen molar-refractivity contribution in [1.29, 1.82) is 0 Å². The Balaban J connectivity index is 2.44. The van der Waals surface area contributed by atoms with Crippen LogP contribution < -0.4 is 4.74 Å². The standard InChI is InChI=1S/C13H10BrFO/c1-16-13-8-10(4-7-12(13)14)9-2-5-11(15)6-3-9/h2-8H,1H3. The van der Waals surface area contributed by atoms with Gasteiger partial charge in [-0.15, -0.1) is 0 Å². The van der Waals surface area contributed by atoms with E-state index in [2.05, 4.69) is 15.9 Å². The Bertz CT molecular complexity index is 494. The molecule has 0 saturated heterocycles. The van der Waals surface area contributed by atoms with E-state index < -0.39 is 0 Å². The Hall–Kier alpha value is -1.35. The van der Waals surface area contributed by atoms with Crippen molar-refractivity contribution in [2.24, 2.45) is 0 Å². The number of benzene rings is 2. The number of ether oxygens (including phenoxy) is 1. The van der Waals surface area contributed by atoms with Gasteiger partial charge in [0.05, 0.1) is 11.6 Å². The molecule has 2 aromatic rings. The van der Waals surface area contributed by atoms with Gasteiger partial charge >= 0.3 is 0 Å². The first-order valence-corrected chi connectivity index (χ1v) is 5.59. The largest absolute Gasteiger partial charge is 0.496 e. The minimum atomic E-state index is -0.229. The molecule has 82 valence electrons. The van der Waals surface area contributed by atoms with E-state index in [1.807, 2.05) is 18.2 Å². The van der Waals surface area contributed by atoms with Crippen LogP contribution in [-0.4, -0.2) is 7.11 Å². The molecule has 0 spiro atoms. The fourth-order valence-electron chi connectivity index (χ4n) is 1.48. The molecule has 2 rings (SSSR count). The third-order valence-corrected chi connectivity index (χ3v) is 2.98. The monoisotopic (exact) mass is 280 g/mol. The quantitative estimate of drug-likeness (QED) is 0.799. The second-order valence-corrected chi connectivity index (χ2v) is 4.21. The predicted molar refractivity (Wildman–Crippen MR) is 66.1 cm³/mol. The lowest BCUT2D eigenvalue weighted by Crippen LogP contribution is -1.86. The highest BCUT2D eigenvalue weighted by atomic mass is 79.9. The SMILES string of the molecule is COc1cc(-c2ccc(F)cc2)ccc1Br. The molecule has 2 aromatic carbocycles. The van der Waals surface area contributed by atoms with E-state index in [0.29, 0.717) is 0 Å². The number of hydrogen-bond donors (Lipinski definition) is 0. The molecule has 0 N–H and O–H groups in total. The summed E-state index contributed by atoms with van der Waals surface area (Å²) in [7, 11) is 1.62. The van der Waals surface area contributed by atoms with Gasteiger partial charge in [-0.1, -0.05) is 18.2 Å². The van der Waals surface area contributed by atoms with Crippen LogP contribution in [0.15, 0.2) is 46.9 Å². The van der Waals surface area contributed by atoms with E-state index >= 15 is 0 Å². The average molecular weight is 281 g/mol. The zero-order valence-corrected chi connectivity index (χ0v) is 10.3. The summed E-state index contributed by atoms with van der Waals surface area (Å²) in [4.78, 5) is 0. The van der Waals surface area contributed by atoms with Gasteiger partial charge < -0.3 is 4.74 Å². The molecule has 0 unspecified atom stereocenters. The predicted octanol–water partition coefficient (Wildman–Crippen LogP) is 4.26. The van der Waals surface area contributed by atoms with E-state index in [4.69, 9.17) is 4.74 Å². The third kappa shape index (κ3) is 2.25. The van der Waals surface area contributed by atoms with Gasteiger partial charge in [-0.2, -0.15) is 0 Å². The molecule has 0 heterocycles. The van der Waals surface area contributed by atoms with Crippen LogP contribution in [0.3, 0.4) is 0 Å². The van der Waals surface area contributed by atoms with Crippen LogP contribution >= 0.6 is 15.9 Å². The van der Waals surface area contributed by atoms with Crippen molar-refractivity contribution in [3.8, 4) is 16.9 Å². The molecule has 0 aliphatic rings. The number of halogens is 2. The maximum Gasteiger partial charge on any atom is 0.133 e. The van der Waals surface area contributed by atoms with E-state index in [0.717, 1.165) is 21.3 Å². The molecule has 0 amide bonds. The normalized spacial score (nSPS) is 10.2. The van der Waals surface area contributed by atoms with Crippen molar-refractivity contribution in [3.05, 3.63) is 52.8 Å². The molecule has 16 heavy (non-hydrogen) atoms. The highest BCUT2D eigenvalue weighted by Crippen LogP contribution is 2.30. The molecule has 0 saturated carbocycles. The topological polar surface area (TPSA) is 9.23 Å². The van der Waals surface area contributed by atoms with Crippen molar-refractivity contribution in [1.82, 2.24) is 0 Å². The van der Waals surface area contributed by atoms with Crippen molar-refractivity contribution in [3.63, 3.8) is 0 Å². The Morgan fingerprint density at radius 3 is 2.25 bits per heavy atom. The van der Waals surface area contributed by atoms with Gasteiger partial charge in [-0.25, -0.2) is 4.39 Å². The minimum Gasteiger partial charge on any atom is -0.496 e. The van der Waals surface area contributed by atoms with Gasteiger partial charge in [0.15, 0.2) is 0 Å². The van der Waals surface area contributed by atoms with E-state index in [1.54, 1.807) is 19.2 Å². The summed E-state index contributed by atoms with van der Waals surface area (Å²) in [6.07, 6.45) is 0. The van der Waals surface area contributed by atoms with E-state index in [9.17, 15) is 4.39 Å². The maximum absolute atomic E-state index is 12.8. The lowest BCUT2D eigenvalue weighted by atomic mass is 10.1. The first-order chi connectivity index (χ1) is 7.70. The van der Waals surface area contributed by atoms with Crippen LogP contribution in [-0.2, 0) is 0 Å². The van der Waals surface area contributed by atoms with Crippen LogP contribution in [0.4, 0.5) is 4.39 Å².